The van der Waals surface area contributed by atoms with Crippen molar-refractivity contribution in [1.29, 1.82) is 0 Å². The molecule has 1 aliphatic rings. The zero-order valence-corrected chi connectivity index (χ0v) is 5.76. The lowest BCUT2D eigenvalue weighted by molar-refractivity contribution is 1.54. The summed E-state index contributed by atoms with van der Waals surface area (Å²) in [5.41, 5.74) is 1.64. The van der Waals surface area contributed by atoms with Crippen molar-refractivity contribution in [2.75, 3.05) is 0 Å². The predicted octanol–water partition coefficient (Wildman–Crippen LogP) is 2.79. The number of rotatable bonds is 0. The van der Waals surface area contributed by atoms with E-state index in [1.54, 1.807) is 12.1 Å². The Hall–Kier alpha value is -1.11. The van der Waals surface area contributed by atoms with Crippen LogP contribution in [0.4, 0.5) is 11.4 Å². The molecule has 0 aromatic heterocycles. The Morgan fingerprint density at radius 3 is 2.90 bits per heavy atom. The molecule has 0 atom stereocenters. The van der Waals surface area contributed by atoms with Gasteiger partial charge in [0.2, 0.25) is 0 Å². The van der Waals surface area contributed by atoms with Crippen molar-refractivity contribution in [2.24, 2.45) is 9.98 Å². The molecular formula is C7H3ClN2. The molecule has 2 rings (SSSR count). The van der Waals surface area contributed by atoms with Crippen molar-refractivity contribution in [3.05, 3.63) is 23.2 Å². The summed E-state index contributed by atoms with van der Waals surface area (Å²) >= 11 is 5.69. The number of halogens is 1. The molecule has 0 spiro atoms. The molecule has 0 saturated heterocycles. The molecule has 10 heavy (non-hydrogen) atoms. The third kappa shape index (κ3) is 0.747. The zero-order valence-electron chi connectivity index (χ0n) is 5.00. The van der Waals surface area contributed by atoms with Gasteiger partial charge in [0.15, 0.2) is 0 Å². The lowest BCUT2D eigenvalue weighted by Gasteiger charge is -1.92. The Morgan fingerprint density at radius 2 is 2.00 bits per heavy atom. The van der Waals surface area contributed by atoms with Gasteiger partial charge in [-0.05, 0) is 18.2 Å². The molecule has 0 fully saturated rings. The van der Waals surface area contributed by atoms with E-state index < -0.39 is 0 Å². The molecule has 1 aliphatic heterocycles. The van der Waals surface area contributed by atoms with Gasteiger partial charge in [-0.15, -0.1) is 0 Å². The van der Waals surface area contributed by atoms with Gasteiger partial charge in [-0.2, -0.15) is 9.98 Å². The normalized spacial score (nSPS) is 12.1. The number of fused-ring (bicyclic) bond motifs is 1. The maximum atomic E-state index is 5.69. The van der Waals surface area contributed by atoms with Gasteiger partial charge in [0.25, 0.3) is 0 Å². The van der Waals surface area contributed by atoms with E-state index in [-0.39, 0.29) is 0 Å². The Labute approximate surface area is 62.9 Å². The first-order valence-electron chi connectivity index (χ1n) is 2.82. The van der Waals surface area contributed by atoms with E-state index in [4.69, 9.17) is 11.6 Å². The molecule has 0 amide bonds. The number of nitrogens with zero attached hydrogens (tertiary/aromatic N) is 2. The van der Waals surface area contributed by atoms with E-state index in [0.29, 0.717) is 5.02 Å². The van der Waals surface area contributed by atoms with Crippen molar-refractivity contribution in [3.63, 3.8) is 0 Å². The number of hydrogen-bond acceptors (Lipinski definition) is 2. The Kier molecular flexibility index (Phi) is 1.10. The van der Waals surface area contributed by atoms with Crippen molar-refractivity contribution in [1.82, 2.24) is 0 Å². The second kappa shape index (κ2) is 1.94. The minimum absolute atomic E-state index is 0.682. The van der Waals surface area contributed by atoms with Gasteiger partial charge in [0.05, 0.1) is 0 Å². The predicted molar refractivity (Wildman–Crippen MR) is 40.6 cm³/mol. The van der Waals surface area contributed by atoms with Crippen molar-refractivity contribution in [2.45, 2.75) is 0 Å². The topological polar surface area (TPSA) is 24.7 Å². The highest BCUT2D eigenvalue weighted by atomic mass is 35.5. The lowest BCUT2D eigenvalue weighted by atomic mass is 10.3. The summed E-state index contributed by atoms with van der Waals surface area (Å²) in [7, 11) is 0. The lowest BCUT2D eigenvalue weighted by Crippen LogP contribution is -1.62. The summed E-state index contributed by atoms with van der Waals surface area (Å²) in [5.74, 6) is 0. The summed E-state index contributed by atoms with van der Waals surface area (Å²) in [5, 5.41) is 0.682. The van der Waals surface area contributed by atoms with Crippen LogP contribution in [0.15, 0.2) is 28.2 Å². The van der Waals surface area contributed by atoms with E-state index in [1.165, 1.54) is 0 Å². The first-order valence-corrected chi connectivity index (χ1v) is 3.20. The summed E-state index contributed by atoms with van der Waals surface area (Å²) < 4.78 is 0. The van der Waals surface area contributed by atoms with Crippen LogP contribution in [0.1, 0.15) is 0 Å². The molecule has 0 N–H and O–H groups in total. The molecule has 0 unspecified atom stereocenters. The van der Waals surface area contributed by atoms with E-state index in [1.807, 2.05) is 6.07 Å². The summed E-state index contributed by atoms with van der Waals surface area (Å²) in [6, 6.07) is 7.88. The largest absolute Gasteiger partial charge is 0.185 e. The number of hydrogen-bond donors (Lipinski definition) is 0. The molecule has 0 aliphatic carbocycles. The average Bonchev–Trinajstić information content (AvgIpc) is 2.33. The smallest absolute Gasteiger partial charge is 0.103 e. The van der Waals surface area contributed by atoms with Crippen LogP contribution >= 0.6 is 11.6 Å². The second-order valence-corrected chi connectivity index (χ2v) is 2.39. The van der Waals surface area contributed by atoms with Crippen LogP contribution < -0.4 is 0 Å². The van der Waals surface area contributed by atoms with Crippen LogP contribution in [0, 0.1) is 0 Å². The number of aliphatic imine (C=N–C) groups is 2. The number of benzene rings is 1. The van der Waals surface area contributed by atoms with Crippen molar-refractivity contribution >= 4 is 29.0 Å². The second-order valence-electron chi connectivity index (χ2n) is 1.96. The summed E-state index contributed by atoms with van der Waals surface area (Å²) in [4.78, 5) is 7.72. The van der Waals surface area contributed by atoms with Crippen molar-refractivity contribution in [3.8, 4) is 0 Å². The van der Waals surface area contributed by atoms with Gasteiger partial charge < -0.3 is 0 Å². The van der Waals surface area contributed by atoms with E-state index in [0.717, 1.165) is 11.4 Å². The van der Waals surface area contributed by atoms with Gasteiger partial charge in [-0.25, -0.2) is 0 Å². The fourth-order valence-corrected chi connectivity index (χ4v) is 0.980. The summed E-state index contributed by atoms with van der Waals surface area (Å²) in [6.07, 6.45) is 0. The molecular weight excluding hydrogens is 148 g/mol. The summed E-state index contributed by atoms with van der Waals surface area (Å²) in [6.45, 7) is 0. The quantitative estimate of drug-likeness (QED) is 0.552. The fourth-order valence-electron chi connectivity index (χ4n) is 0.813. The zero-order chi connectivity index (χ0) is 6.97. The molecule has 0 radical (unpaired) electrons. The van der Waals surface area contributed by atoms with Crippen LogP contribution in [-0.2, 0) is 0 Å². The highest BCUT2D eigenvalue weighted by Crippen LogP contribution is 2.32. The standard InChI is InChI=1S/C7H3ClN2/c8-5-1-2-6-7(3-5)10-4-9-6/h1-3H. The van der Waals surface area contributed by atoms with Gasteiger partial charge in [-0.1, -0.05) is 11.6 Å². The molecule has 1 aromatic rings. The molecule has 1 aromatic carbocycles. The Bertz CT molecular complexity index is 337. The monoisotopic (exact) mass is 150 g/mol. The highest BCUT2D eigenvalue weighted by Gasteiger charge is 2.02. The minimum atomic E-state index is 0.682. The molecule has 3 heteroatoms. The van der Waals surface area contributed by atoms with Crippen LogP contribution in [0.25, 0.3) is 0 Å². The van der Waals surface area contributed by atoms with Gasteiger partial charge in [0.1, 0.15) is 17.4 Å². The highest BCUT2D eigenvalue weighted by molar-refractivity contribution is 6.31. The Balaban J connectivity index is 2.67. The molecule has 2 nitrogen and oxygen atoms in total. The van der Waals surface area contributed by atoms with E-state index >= 15 is 0 Å². The maximum Gasteiger partial charge on any atom is 0.103 e. The fraction of sp³-hybridized carbons (Fsp3) is 0. The molecule has 0 saturated carbocycles. The third-order valence-electron chi connectivity index (χ3n) is 1.28. The van der Waals surface area contributed by atoms with Gasteiger partial charge in [-0.3, -0.25) is 0 Å². The van der Waals surface area contributed by atoms with E-state index in [2.05, 4.69) is 16.0 Å². The SMILES string of the molecule is Clc1ccc2c(c1)N=C=N2. The first-order chi connectivity index (χ1) is 4.86. The van der Waals surface area contributed by atoms with Gasteiger partial charge in [0, 0.05) is 5.02 Å². The molecule has 0 bridgehead atoms. The van der Waals surface area contributed by atoms with Gasteiger partial charge >= 0.3 is 0 Å². The maximum absolute atomic E-state index is 5.69. The van der Waals surface area contributed by atoms with Crippen LogP contribution in [0.5, 0.6) is 0 Å². The third-order valence-corrected chi connectivity index (χ3v) is 1.51. The Morgan fingerprint density at radius 1 is 1.20 bits per heavy atom. The van der Waals surface area contributed by atoms with Crippen LogP contribution in [0.3, 0.4) is 0 Å². The first kappa shape index (κ1) is 5.66. The minimum Gasteiger partial charge on any atom is -0.185 e. The average molecular weight is 151 g/mol. The van der Waals surface area contributed by atoms with E-state index in [9.17, 15) is 0 Å². The molecule has 1 heterocycles. The van der Waals surface area contributed by atoms with Crippen molar-refractivity contribution < 1.29 is 0 Å². The van der Waals surface area contributed by atoms with Crippen LogP contribution in [0.2, 0.25) is 5.02 Å². The van der Waals surface area contributed by atoms with Crippen LogP contribution in [-0.4, -0.2) is 6.01 Å². The molecule has 48 valence electrons.